The number of amides is 1. The van der Waals surface area contributed by atoms with Gasteiger partial charge in [0.2, 0.25) is 5.91 Å². The molecule has 0 bridgehead atoms. The van der Waals surface area contributed by atoms with E-state index in [-0.39, 0.29) is 5.91 Å². The molecule has 0 aromatic heterocycles. The van der Waals surface area contributed by atoms with Gasteiger partial charge in [-0.1, -0.05) is 17.7 Å². The zero-order valence-electron chi connectivity index (χ0n) is 11.3. The lowest BCUT2D eigenvalue weighted by atomic mass is 10.1. The predicted molar refractivity (Wildman–Crippen MR) is 72.7 cm³/mol. The van der Waals surface area contributed by atoms with E-state index in [2.05, 4.69) is 18.3 Å². The van der Waals surface area contributed by atoms with Crippen molar-refractivity contribution < 1.29 is 9.53 Å². The van der Waals surface area contributed by atoms with Gasteiger partial charge in [-0.15, -0.1) is 0 Å². The van der Waals surface area contributed by atoms with Crippen LogP contribution in [0.2, 0.25) is 0 Å². The van der Waals surface area contributed by atoms with Crippen molar-refractivity contribution in [2.24, 2.45) is 5.73 Å². The number of carbonyl (C=O) groups is 1. The first-order chi connectivity index (χ1) is 8.50. The van der Waals surface area contributed by atoms with E-state index < -0.39 is 6.04 Å². The van der Waals surface area contributed by atoms with E-state index in [0.29, 0.717) is 13.2 Å². The lowest BCUT2D eigenvalue weighted by Crippen LogP contribution is -2.38. The number of hydrogen-bond acceptors (Lipinski definition) is 3. The summed E-state index contributed by atoms with van der Waals surface area (Å²) >= 11 is 0. The van der Waals surface area contributed by atoms with Crippen LogP contribution in [0, 0.1) is 13.8 Å². The van der Waals surface area contributed by atoms with Crippen molar-refractivity contribution in [1.29, 1.82) is 0 Å². The molecule has 0 radical (unpaired) electrons. The summed E-state index contributed by atoms with van der Waals surface area (Å²) in [5.74, 6) is 0.778. The number of ether oxygens (including phenoxy) is 1. The van der Waals surface area contributed by atoms with Crippen molar-refractivity contribution in [3.8, 4) is 5.75 Å². The Balaban J connectivity index is 2.24. The van der Waals surface area contributed by atoms with Gasteiger partial charge in [0.25, 0.3) is 0 Å². The summed E-state index contributed by atoms with van der Waals surface area (Å²) in [5, 5.41) is 2.75. The molecule has 0 aliphatic rings. The minimum Gasteiger partial charge on any atom is -0.493 e. The van der Waals surface area contributed by atoms with Crippen molar-refractivity contribution in [2.75, 3.05) is 13.2 Å². The SMILES string of the molecule is Cc1ccc(OCCCNC(=O)C(C)N)c(C)c1. The zero-order valence-corrected chi connectivity index (χ0v) is 11.3. The third kappa shape index (κ3) is 4.75. The summed E-state index contributed by atoms with van der Waals surface area (Å²) < 4.78 is 5.65. The molecule has 100 valence electrons. The van der Waals surface area contributed by atoms with Gasteiger partial charge in [-0.2, -0.15) is 0 Å². The number of aryl methyl sites for hydroxylation is 2. The molecule has 1 unspecified atom stereocenters. The van der Waals surface area contributed by atoms with Gasteiger partial charge >= 0.3 is 0 Å². The molecule has 4 heteroatoms. The molecule has 0 saturated heterocycles. The first kappa shape index (κ1) is 14.5. The minimum absolute atomic E-state index is 0.124. The minimum atomic E-state index is -0.453. The summed E-state index contributed by atoms with van der Waals surface area (Å²) in [5.41, 5.74) is 7.79. The van der Waals surface area contributed by atoms with E-state index in [1.165, 1.54) is 5.56 Å². The molecular weight excluding hydrogens is 228 g/mol. The standard InChI is InChI=1S/C14H22N2O2/c1-10-5-6-13(11(2)9-10)18-8-4-7-16-14(17)12(3)15/h5-6,9,12H,4,7-8,15H2,1-3H3,(H,16,17). The largest absolute Gasteiger partial charge is 0.493 e. The number of nitrogens with two attached hydrogens (primary N) is 1. The second-order valence-corrected chi connectivity index (χ2v) is 4.55. The molecule has 0 fully saturated rings. The van der Waals surface area contributed by atoms with Crippen LogP contribution in [0.3, 0.4) is 0 Å². The van der Waals surface area contributed by atoms with Gasteiger partial charge in [0.15, 0.2) is 0 Å². The fraction of sp³-hybridized carbons (Fsp3) is 0.500. The van der Waals surface area contributed by atoms with Gasteiger partial charge in [-0.25, -0.2) is 0 Å². The molecule has 1 atom stereocenters. The normalized spacial score (nSPS) is 12.0. The summed E-state index contributed by atoms with van der Waals surface area (Å²) in [6, 6.07) is 5.64. The maximum absolute atomic E-state index is 11.2. The highest BCUT2D eigenvalue weighted by atomic mass is 16.5. The average molecular weight is 250 g/mol. The molecule has 0 saturated carbocycles. The molecule has 3 N–H and O–H groups in total. The quantitative estimate of drug-likeness (QED) is 0.753. The number of carbonyl (C=O) groups excluding carboxylic acids is 1. The Kier molecular flexibility index (Phi) is 5.65. The monoisotopic (exact) mass is 250 g/mol. The second-order valence-electron chi connectivity index (χ2n) is 4.55. The van der Waals surface area contributed by atoms with Crippen molar-refractivity contribution in [3.05, 3.63) is 29.3 Å². The molecule has 1 aromatic rings. The van der Waals surface area contributed by atoms with E-state index in [9.17, 15) is 4.79 Å². The fourth-order valence-electron chi connectivity index (χ4n) is 1.59. The maximum Gasteiger partial charge on any atom is 0.236 e. The topological polar surface area (TPSA) is 64.3 Å². The first-order valence-electron chi connectivity index (χ1n) is 6.24. The van der Waals surface area contributed by atoms with Gasteiger partial charge in [-0.05, 0) is 38.8 Å². The summed E-state index contributed by atoms with van der Waals surface area (Å²) in [6.45, 7) is 6.93. The van der Waals surface area contributed by atoms with E-state index in [1.54, 1.807) is 6.92 Å². The smallest absolute Gasteiger partial charge is 0.236 e. The number of rotatable bonds is 6. The van der Waals surface area contributed by atoms with Gasteiger partial charge < -0.3 is 15.8 Å². The Morgan fingerprint density at radius 1 is 1.44 bits per heavy atom. The van der Waals surface area contributed by atoms with E-state index >= 15 is 0 Å². The van der Waals surface area contributed by atoms with E-state index in [0.717, 1.165) is 17.7 Å². The van der Waals surface area contributed by atoms with Gasteiger partial charge in [0.1, 0.15) is 5.75 Å². The van der Waals surface area contributed by atoms with Crippen molar-refractivity contribution in [3.63, 3.8) is 0 Å². The molecule has 0 spiro atoms. The number of benzene rings is 1. The van der Waals surface area contributed by atoms with Crippen LogP contribution in [-0.2, 0) is 4.79 Å². The van der Waals surface area contributed by atoms with Crippen LogP contribution in [-0.4, -0.2) is 25.1 Å². The van der Waals surface area contributed by atoms with Crippen LogP contribution in [0.25, 0.3) is 0 Å². The molecular formula is C14H22N2O2. The molecule has 0 aliphatic carbocycles. The first-order valence-corrected chi connectivity index (χ1v) is 6.24. The van der Waals surface area contributed by atoms with Crippen LogP contribution in [0.4, 0.5) is 0 Å². The Morgan fingerprint density at radius 3 is 2.78 bits per heavy atom. The molecule has 0 aliphatic heterocycles. The molecule has 18 heavy (non-hydrogen) atoms. The predicted octanol–water partition coefficient (Wildman–Crippen LogP) is 1.54. The van der Waals surface area contributed by atoms with Gasteiger partial charge in [0.05, 0.1) is 12.6 Å². The van der Waals surface area contributed by atoms with E-state index in [4.69, 9.17) is 10.5 Å². The zero-order chi connectivity index (χ0) is 13.5. The van der Waals surface area contributed by atoms with Crippen LogP contribution < -0.4 is 15.8 Å². The van der Waals surface area contributed by atoms with E-state index in [1.807, 2.05) is 19.1 Å². The maximum atomic E-state index is 11.2. The summed E-state index contributed by atoms with van der Waals surface area (Å²) in [4.78, 5) is 11.2. The lowest BCUT2D eigenvalue weighted by Gasteiger charge is -2.11. The third-order valence-electron chi connectivity index (χ3n) is 2.62. The Labute approximate surface area is 109 Å². The molecule has 4 nitrogen and oxygen atoms in total. The van der Waals surface area contributed by atoms with Crippen LogP contribution >= 0.6 is 0 Å². The van der Waals surface area contributed by atoms with Crippen molar-refractivity contribution in [1.82, 2.24) is 5.32 Å². The van der Waals surface area contributed by atoms with Crippen molar-refractivity contribution in [2.45, 2.75) is 33.2 Å². The molecule has 1 amide bonds. The van der Waals surface area contributed by atoms with Crippen LogP contribution in [0.1, 0.15) is 24.5 Å². The van der Waals surface area contributed by atoms with Crippen LogP contribution in [0.15, 0.2) is 18.2 Å². The highest BCUT2D eigenvalue weighted by Crippen LogP contribution is 2.18. The third-order valence-corrected chi connectivity index (χ3v) is 2.62. The average Bonchev–Trinajstić information content (AvgIpc) is 2.30. The Morgan fingerprint density at radius 2 is 2.17 bits per heavy atom. The van der Waals surface area contributed by atoms with Crippen LogP contribution in [0.5, 0.6) is 5.75 Å². The number of nitrogens with one attached hydrogen (secondary N) is 1. The fourth-order valence-corrected chi connectivity index (χ4v) is 1.59. The Hall–Kier alpha value is -1.55. The summed E-state index contributed by atoms with van der Waals surface area (Å²) in [6.07, 6.45) is 0.770. The molecule has 1 rings (SSSR count). The Bertz CT molecular complexity index is 403. The highest BCUT2D eigenvalue weighted by Gasteiger charge is 2.05. The number of hydrogen-bond donors (Lipinski definition) is 2. The highest BCUT2D eigenvalue weighted by molar-refractivity contribution is 5.80. The van der Waals surface area contributed by atoms with Crippen molar-refractivity contribution >= 4 is 5.91 Å². The molecule has 1 aromatic carbocycles. The summed E-state index contributed by atoms with van der Waals surface area (Å²) in [7, 11) is 0. The molecule has 0 heterocycles. The van der Waals surface area contributed by atoms with Gasteiger partial charge in [0, 0.05) is 6.54 Å². The second kappa shape index (κ2) is 7.01. The lowest BCUT2D eigenvalue weighted by molar-refractivity contribution is -0.121. The van der Waals surface area contributed by atoms with Gasteiger partial charge in [-0.3, -0.25) is 4.79 Å².